The van der Waals surface area contributed by atoms with Crippen LogP contribution in [0.15, 0.2) is 0 Å². The molecule has 0 aliphatic heterocycles. The molecule has 0 aromatic carbocycles. The summed E-state index contributed by atoms with van der Waals surface area (Å²) < 4.78 is 5.50. The topological polar surface area (TPSA) is 49.8 Å². The van der Waals surface area contributed by atoms with Gasteiger partial charge in [-0.2, -0.15) is 0 Å². The van der Waals surface area contributed by atoms with E-state index in [0.29, 0.717) is 12.6 Å². The van der Waals surface area contributed by atoms with Crippen LogP contribution >= 0.6 is 0 Å². The smallest absolute Gasteiger partial charge is 0.304 e. The summed E-state index contributed by atoms with van der Waals surface area (Å²) in [5, 5.41) is 8.72. The summed E-state index contributed by atoms with van der Waals surface area (Å²) in [5.41, 5.74) is 0. The molecule has 16 heavy (non-hydrogen) atoms. The monoisotopic (exact) mass is 229 g/mol. The third kappa shape index (κ3) is 3.76. The quantitative estimate of drug-likeness (QED) is 0.753. The minimum Gasteiger partial charge on any atom is -0.481 e. The first-order valence-electron chi connectivity index (χ1n) is 6.17. The fourth-order valence-corrected chi connectivity index (χ4v) is 2.57. The number of ether oxygens (including phenoxy) is 1. The van der Waals surface area contributed by atoms with Gasteiger partial charge in [0.25, 0.3) is 0 Å². The predicted molar refractivity (Wildman–Crippen MR) is 62.6 cm³/mol. The average molecular weight is 229 g/mol. The summed E-state index contributed by atoms with van der Waals surface area (Å²) in [4.78, 5) is 12.8. The second-order valence-electron chi connectivity index (χ2n) is 4.40. The molecule has 1 aliphatic rings. The van der Waals surface area contributed by atoms with E-state index in [1.54, 1.807) is 7.11 Å². The summed E-state index contributed by atoms with van der Waals surface area (Å²) in [6.07, 6.45) is 5.19. The lowest BCUT2D eigenvalue weighted by atomic mass is 9.91. The molecule has 4 heteroatoms. The highest BCUT2D eigenvalue weighted by Gasteiger charge is 2.29. The highest BCUT2D eigenvalue weighted by molar-refractivity contribution is 5.66. The first-order chi connectivity index (χ1) is 7.69. The highest BCUT2D eigenvalue weighted by atomic mass is 16.5. The highest BCUT2D eigenvalue weighted by Crippen LogP contribution is 2.25. The number of likely N-dealkylation sites (N-methyl/N-ethyl adjacent to an activating group) is 1. The largest absolute Gasteiger partial charge is 0.481 e. The molecule has 0 saturated heterocycles. The van der Waals surface area contributed by atoms with Gasteiger partial charge in [-0.25, -0.2) is 0 Å². The second-order valence-corrected chi connectivity index (χ2v) is 4.40. The van der Waals surface area contributed by atoms with Crippen molar-refractivity contribution in [1.82, 2.24) is 4.90 Å². The first kappa shape index (κ1) is 13.5. The molecule has 0 bridgehead atoms. The minimum atomic E-state index is -0.719. The third-order valence-electron chi connectivity index (χ3n) is 3.46. The Hall–Kier alpha value is -0.610. The van der Waals surface area contributed by atoms with Crippen LogP contribution in [-0.4, -0.2) is 48.3 Å². The Labute approximate surface area is 97.6 Å². The van der Waals surface area contributed by atoms with Gasteiger partial charge in [-0.15, -0.1) is 0 Å². The van der Waals surface area contributed by atoms with E-state index in [9.17, 15) is 4.79 Å². The zero-order valence-corrected chi connectivity index (χ0v) is 10.3. The van der Waals surface area contributed by atoms with Crippen LogP contribution in [0.4, 0.5) is 0 Å². The van der Waals surface area contributed by atoms with Crippen molar-refractivity contribution in [3.05, 3.63) is 0 Å². The molecular weight excluding hydrogens is 206 g/mol. The van der Waals surface area contributed by atoms with Gasteiger partial charge < -0.3 is 9.84 Å². The molecule has 0 heterocycles. The normalized spacial score (nSPS) is 25.9. The van der Waals surface area contributed by atoms with Crippen molar-refractivity contribution in [3.8, 4) is 0 Å². The Morgan fingerprint density at radius 2 is 2.12 bits per heavy atom. The van der Waals surface area contributed by atoms with Crippen LogP contribution in [0.25, 0.3) is 0 Å². The molecule has 94 valence electrons. The van der Waals surface area contributed by atoms with E-state index >= 15 is 0 Å². The Morgan fingerprint density at radius 1 is 1.44 bits per heavy atom. The van der Waals surface area contributed by atoms with Gasteiger partial charge in [0.1, 0.15) is 0 Å². The fraction of sp³-hybridized carbons (Fsp3) is 0.917. The van der Waals surface area contributed by atoms with Crippen molar-refractivity contribution in [2.24, 2.45) is 0 Å². The minimum absolute atomic E-state index is 0.223. The van der Waals surface area contributed by atoms with Crippen molar-refractivity contribution in [1.29, 1.82) is 0 Å². The van der Waals surface area contributed by atoms with Crippen LogP contribution in [0.1, 0.15) is 39.0 Å². The maximum Gasteiger partial charge on any atom is 0.304 e. The number of methoxy groups -OCH3 is 1. The van der Waals surface area contributed by atoms with Crippen LogP contribution in [-0.2, 0) is 9.53 Å². The molecule has 0 spiro atoms. The van der Waals surface area contributed by atoms with E-state index < -0.39 is 5.97 Å². The van der Waals surface area contributed by atoms with Crippen molar-refractivity contribution >= 4 is 5.97 Å². The number of carbonyl (C=O) groups is 1. The number of aliphatic carboxylic acids is 1. The van der Waals surface area contributed by atoms with E-state index in [1.165, 1.54) is 12.8 Å². The van der Waals surface area contributed by atoms with Crippen molar-refractivity contribution < 1.29 is 14.6 Å². The van der Waals surface area contributed by atoms with E-state index in [-0.39, 0.29) is 12.5 Å². The lowest BCUT2D eigenvalue weighted by Crippen LogP contribution is -2.46. The molecule has 0 aromatic heterocycles. The summed E-state index contributed by atoms with van der Waals surface area (Å²) in [6.45, 7) is 3.62. The number of hydrogen-bond donors (Lipinski definition) is 1. The van der Waals surface area contributed by atoms with Gasteiger partial charge >= 0.3 is 5.97 Å². The Balaban J connectivity index is 2.51. The van der Waals surface area contributed by atoms with Crippen LogP contribution in [0, 0.1) is 0 Å². The van der Waals surface area contributed by atoms with Gasteiger partial charge in [-0.05, 0) is 19.4 Å². The van der Waals surface area contributed by atoms with Crippen molar-refractivity contribution in [2.45, 2.75) is 51.2 Å². The maximum absolute atomic E-state index is 10.6. The lowest BCUT2D eigenvalue weighted by molar-refractivity contribution is -0.137. The molecular formula is C12H23NO3. The molecule has 2 unspecified atom stereocenters. The van der Waals surface area contributed by atoms with E-state index in [4.69, 9.17) is 9.84 Å². The number of rotatable bonds is 6. The molecule has 0 radical (unpaired) electrons. The summed E-state index contributed by atoms with van der Waals surface area (Å²) in [7, 11) is 1.76. The average Bonchev–Trinajstić information content (AvgIpc) is 2.30. The molecule has 1 aliphatic carbocycles. The van der Waals surface area contributed by atoms with Crippen molar-refractivity contribution in [2.75, 3.05) is 20.2 Å². The molecule has 4 nitrogen and oxygen atoms in total. The summed E-state index contributed by atoms with van der Waals surface area (Å²) >= 11 is 0. The third-order valence-corrected chi connectivity index (χ3v) is 3.46. The summed E-state index contributed by atoms with van der Waals surface area (Å²) in [6, 6.07) is 0.406. The molecule has 2 atom stereocenters. The van der Waals surface area contributed by atoms with Crippen LogP contribution in [0.3, 0.4) is 0 Å². The van der Waals surface area contributed by atoms with E-state index in [1.807, 2.05) is 0 Å². The Bertz CT molecular complexity index is 220. The number of nitrogens with zero attached hydrogens (tertiary/aromatic N) is 1. The molecule has 1 saturated carbocycles. The Morgan fingerprint density at radius 3 is 2.69 bits per heavy atom. The van der Waals surface area contributed by atoms with Gasteiger partial charge in [-0.1, -0.05) is 19.8 Å². The number of hydrogen-bond acceptors (Lipinski definition) is 3. The number of carboxylic acid groups (broad SMARTS) is 1. The molecule has 1 fully saturated rings. The lowest BCUT2D eigenvalue weighted by Gasteiger charge is -2.38. The SMILES string of the molecule is CCN(CCC(=O)O)C1CCCCC1OC. The van der Waals surface area contributed by atoms with Gasteiger partial charge in [-0.3, -0.25) is 9.69 Å². The van der Waals surface area contributed by atoms with Crippen LogP contribution in [0.2, 0.25) is 0 Å². The number of carboxylic acids is 1. The predicted octanol–water partition coefficient (Wildman–Crippen LogP) is 1.74. The second kappa shape index (κ2) is 6.86. The summed E-state index contributed by atoms with van der Waals surface area (Å²) in [5.74, 6) is -0.719. The maximum atomic E-state index is 10.6. The molecule has 1 N–H and O–H groups in total. The van der Waals surface area contributed by atoms with Gasteiger partial charge in [0.15, 0.2) is 0 Å². The molecule has 1 rings (SSSR count). The van der Waals surface area contributed by atoms with E-state index in [0.717, 1.165) is 19.4 Å². The van der Waals surface area contributed by atoms with Gasteiger partial charge in [0.05, 0.1) is 12.5 Å². The van der Waals surface area contributed by atoms with Gasteiger partial charge in [0.2, 0.25) is 0 Å². The first-order valence-corrected chi connectivity index (χ1v) is 6.17. The van der Waals surface area contributed by atoms with Crippen LogP contribution < -0.4 is 0 Å². The zero-order valence-electron chi connectivity index (χ0n) is 10.3. The Kier molecular flexibility index (Phi) is 5.77. The molecule has 0 amide bonds. The fourth-order valence-electron chi connectivity index (χ4n) is 2.57. The van der Waals surface area contributed by atoms with Crippen molar-refractivity contribution in [3.63, 3.8) is 0 Å². The standard InChI is InChI=1S/C12H23NO3/c1-3-13(9-8-12(14)15)10-6-4-5-7-11(10)16-2/h10-11H,3-9H2,1-2H3,(H,14,15). The zero-order chi connectivity index (χ0) is 12.0. The van der Waals surface area contributed by atoms with Crippen LogP contribution in [0.5, 0.6) is 0 Å². The van der Waals surface area contributed by atoms with E-state index in [2.05, 4.69) is 11.8 Å². The molecule has 0 aromatic rings. The van der Waals surface area contributed by atoms with Gasteiger partial charge in [0, 0.05) is 19.7 Å².